The SMILES string of the molecule is CCOC(C#N)CC(C)C. The summed E-state index contributed by atoms with van der Waals surface area (Å²) in [6.45, 7) is 6.71. The Morgan fingerprint density at radius 3 is 2.40 bits per heavy atom. The summed E-state index contributed by atoms with van der Waals surface area (Å²) in [4.78, 5) is 0. The van der Waals surface area contributed by atoms with Gasteiger partial charge in [0.05, 0.1) is 6.07 Å². The fourth-order valence-corrected chi connectivity index (χ4v) is 0.787. The maximum absolute atomic E-state index is 8.53. The number of rotatable bonds is 4. The lowest BCUT2D eigenvalue weighted by Gasteiger charge is -2.10. The number of nitriles is 1. The molecule has 0 fully saturated rings. The molecule has 0 aliphatic carbocycles. The number of hydrogen-bond donors (Lipinski definition) is 0. The molecule has 0 spiro atoms. The Bertz CT molecular complexity index is 115. The molecule has 0 amide bonds. The Morgan fingerprint density at radius 1 is 1.50 bits per heavy atom. The topological polar surface area (TPSA) is 33.0 Å². The second-order valence-corrected chi connectivity index (χ2v) is 2.70. The highest BCUT2D eigenvalue weighted by Gasteiger charge is 2.07. The lowest BCUT2D eigenvalue weighted by molar-refractivity contribution is 0.0864. The van der Waals surface area contributed by atoms with Crippen LogP contribution in [0.1, 0.15) is 27.2 Å². The summed E-state index contributed by atoms with van der Waals surface area (Å²) in [5.74, 6) is 0.538. The largest absolute Gasteiger partial charge is 0.364 e. The molecule has 0 aromatic carbocycles. The Hall–Kier alpha value is -0.550. The molecule has 1 unspecified atom stereocenters. The van der Waals surface area contributed by atoms with Gasteiger partial charge in [0.2, 0.25) is 0 Å². The molecule has 0 saturated heterocycles. The number of nitrogens with zero attached hydrogens (tertiary/aromatic N) is 1. The van der Waals surface area contributed by atoms with Crippen LogP contribution in [0.15, 0.2) is 0 Å². The van der Waals surface area contributed by atoms with E-state index in [1.807, 2.05) is 6.92 Å². The number of hydrogen-bond acceptors (Lipinski definition) is 2. The van der Waals surface area contributed by atoms with Crippen molar-refractivity contribution in [3.05, 3.63) is 0 Å². The van der Waals surface area contributed by atoms with E-state index in [1.165, 1.54) is 0 Å². The van der Waals surface area contributed by atoms with Crippen molar-refractivity contribution in [2.75, 3.05) is 6.61 Å². The van der Waals surface area contributed by atoms with E-state index in [9.17, 15) is 0 Å². The van der Waals surface area contributed by atoms with Crippen LogP contribution in [0.4, 0.5) is 0 Å². The second kappa shape index (κ2) is 5.25. The lowest BCUT2D eigenvalue weighted by atomic mass is 10.1. The average molecular weight is 141 g/mol. The predicted molar refractivity (Wildman–Crippen MR) is 40.5 cm³/mol. The molecule has 0 radical (unpaired) electrons. The van der Waals surface area contributed by atoms with Crippen molar-refractivity contribution in [1.82, 2.24) is 0 Å². The normalized spacial score (nSPS) is 13.1. The molecule has 0 aliphatic heterocycles. The van der Waals surface area contributed by atoms with E-state index in [-0.39, 0.29) is 6.10 Å². The lowest BCUT2D eigenvalue weighted by Crippen LogP contribution is -2.12. The maximum atomic E-state index is 8.53. The Morgan fingerprint density at radius 2 is 2.10 bits per heavy atom. The first-order valence-corrected chi connectivity index (χ1v) is 3.71. The van der Waals surface area contributed by atoms with Gasteiger partial charge in [-0.3, -0.25) is 0 Å². The molecule has 10 heavy (non-hydrogen) atoms. The van der Waals surface area contributed by atoms with Crippen LogP contribution in [0.3, 0.4) is 0 Å². The molecule has 0 aliphatic rings. The monoisotopic (exact) mass is 141 g/mol. The highest BCUT2D eigenvalue weighted by molar-refractivity contribution is 4.84. The van der Waals surface area contributed by atoms with Gasteiger partial charge >= 0.3 is 0 Å². The van der Waals surface area contributed by atoms with Crippen LogP contribution in [0.2, 0.25) is 0 Å². The molecule has 0 saturated carbocycles. The smallest absolute Gasteiger partial charge is 0.144 e. The summed E-state index contributed by atoms with van der Waals surface area (Å²) >= 11 is 0. The molecule has 1 atom stereocenters. The van der Waals surface area contributed by atoms with Gasteiger partial charge in [0.25, 0.3) is 0 Å². The number of ether oxygens (including phenoxy) is 1. The molecule has 0 aromatic rings. The molecule has 58 valence electrons. The fourth-order valence-electron chi connectivity index (χ4n) is 0.787. The van der Waals surface area contributed by atoms with Crippen molar-refractivity contribution in [2.45, 2.75) is 33.3 Å². The highest BCUT2D eigenvalue weighted by atomic mass is 16.5. The highest BCUT2D eigenvalue weighted by Crippen LogP contribution is 2.06. The van der Waals surface area contributed by atoms with Crippen LogP contribution < -0.4 is 0 Å². The van der Waals surface area contributed by atoms with Crippen molar-refractivity contribution in [3.8, 4) is 6.07 Å². The molecule has 0 aromatic heterocycles. The van der Waals surface area contributed by atoms with Crippen molar-refractivity contribution in [2.24, 2.45) is 5.92 Å². The van der Waals surface area contributed by atoms with Gasteiger partial charge in [0, 0.05) is 6.61 Å². The van der Waals surface area contributed by atoms with E-state index < -0.39 is 0 Å². The molecule has 0 rings (SSSR count). The van der Waals surface area contributed by atoms with Crippen LogP contribution in [0, 0.1) is 17.2 Å². The van der Waals surface area contributed by atoms with Crippen molar-refractivity contribution >= 4 is 0 Å². The quantitative estimate of drug-likeness (QED) is 0.599. The van der Waals surface area contributed by atoms with Crippen LogP contribution in [-0.2, 0) is 4.74 Å². The molecule has 2 heteroatoms. The summed E-state index contributed by atoms with van der Waals surface area (Å²) in [6, 6.07) is 2.11. The summed E-state index contributed by atoms with van der Waals surface area (Å²) in [5, 5.41) is 8.53. The van der Waals surface area contributed by atoms with Gasteiger partial charge in [-0.05, 0) is 19.3 Å². The van der Waals surface area contributed by atoms with Gasteiger partial charge < -0.3 is 4.74 Å². The van der Waals surface area contributed by atoms with E-state index in [1.54, 1.807) is 0 Å². The van der Waals surface area contributed by atoms with E-state index in [2.05, 4.69) is 19.9 Å². The average Bonchev–Trinajstić information content (AvgIpc) is 1.86. The minimum absolute atomic E-state index is 0.204. The van der Waals surface area contributed by atoms with Gasteiger partial charge in [-0.2, -0.15) is 5.26 Å². The first kappa shape index (κ1) is 9.45. The van der Waals surface area contributed by atoms with Crippen LogP contribution in [0.5, 0.6) is 0 Å². The van der Waals surface area contributed by atoms with Crippen molar-refractivity contribution in [1.29, 1.82) is 5.26 Å². The zero-order valence-electron chi connectivity index (χ0n) is 6.92. The van der Waals surface area contributed by atoms with E-state index in [0.717, 1.165) is 6.42 Å². The summed E-state index contributed by atoms with van der Waals surface area (Å²) in [6.07, 6.45) is 0.634. The molecule has 0 bridgehead atoms. The predicted octanol–water partition coefficient (Wildman–Crippen LogP) is 1.96. The minimum atomic E-state index is -0.204. The maximum Gasteiger partial charge on any atom is 0.144 e. The standard InChI is InChI=1S/C8H15NO/c1-4-10-8(6-9)5-7(2)3/h7-8H,4-5H2,1-3H3. The molecular weight excluding hydrogens is 126 g/mol. The molecule has 0 N–H and O–H groups in total. The minimum Gasteiger partial charge on any atom is -0.364 e. The van der Waals surface area contributed by atoms with Gasteiger partial charge in [0.15, 0.2) is 0 Å². The zero-order valence-corrected chi connectivity index (χ0v) is 6.92. The van der Waals surface area contributed by atoms with Crippen molar-refractivity contribution in [3.63, 3.8) is 0 Å². The molecule has 0 heterocycles. The van der Waals surface area contributed by atoms with Gasteiger partial charge in [0.1, 0.15) is 6.10 Å². The first-order chi connectivity index (χ1) is 4.70. The van der Waals surface area contributed by atoms with Crippen molar-refractivity contribution < 1.29 is 4.74 Å². The molecule has 2 nitrogen and oxygen atoms in total. The zero-order chi connectivity index (χ0) is 7.98. The first-order valence-electron chi connectivity index (χ1n) is 3.71. The third-order valence-corrected chi connectivity index (χ3v) is 1.20. The summed E-state index contributed by atoms with van der Waals surface area (Å²) < 4.78 is 5.14. The third-order valence-electron chi connectivity index (χ3n) is 1.20. The summed E-state index contributed by atoms with van der Waals surface area (Å²) in [7, 11) is 0. The summed E-state index contributed by atoms with van der Waals surface area (Å²) in [5.41, 5.74) is 0. The van der Waals surface area contributed by atoms with E-state index in [4.69, 9.17) is 10.00 Å². The Balaban J connectivity index is 3.52. The van der Waals surface area contributed by atoms with E-state index >= 15 is 0 Å². The van der Waals surface area contributed by atoms with Crippen LogP contribution >= 0.6 is 0 Å². The molecular formula is C8H15NO. The second-order valence-electron chi connectivity index (χ2n) is 2.70. The van der Waals surface area contributed by atoms with Crippen LogP contribution in [0.25, 0.3) is 0 Å². The van der Waals surface area contributed by atoms with Crippen LogP contribution in [-0.4, -0.2) is 12.7 Å². The van der Waals surface area contributed by atoms with Gasteiger partial charge in [-0.1, -0.05) is 13.8 Å². The third kappa shape index (κ3) is 4.34. The van der Waals surface area contributed by atoms with Gasteiger partial charge in [-0.15, -0.1) is 0 Å². The van der Waals surface area contributed by atoms with Gasteiger partial charge in [-0.25, -0.2) is 0 Å². The fraction of sp³-hybridized carbons (Fsp3) is 0.875. The Kier molecular flexibility index (Phi) is 4.96. The van der Waals surface area contributed by atoms with E-state index in [0.29, 0.717) is 12.5 Å². The Labute approximate surface area is 62.8 Å².